The van der Waals surface area contributed by atoms with Gasteiger partial charge in [0.1, 0.15) is 0 Å². The Morgan fingerprint density at radius 2 is 2.00 bits per heavy atom. The molecule has 0 amide bonds. The number of nitrogens with one attached hydrogen (secondary N) is 1. The first kappa shape index (κ1) is 13.8. The van der Waals surface area contributed by atoms with Crippen molar-refractivity contribution in [2.24, 2.45) is 5.41 Å². The van der Waals surface area contributed by atoms with Crippen molar-refractivity contribution in [1.29, 1.82) is 0 Å². The van der Waals surface area contributed by atoms with Crippen LogP contribution in [-0.4, -0.2) is 43.3 Å². The molecule has 0 bridgehead atoms. The number of nitrogens with zero attached hydrogens (tertiary/aromatic N) is 1. The smallest absolute Gasteiger partial charge is 0.307 e. The third-order valence-electron chi connectivity index (χ3n) is 3.10. The molecule has 1 rings (SSSR count). The maximum atomic E-state index is 11.9. The van der Waals surface area contributed by atoms with Crippen LogP contribution in [0.3, 0.4) is 0 Å². The van der Waals surface area contributed by atoms with Gasteiger partial charge in [0, 0.05) is 19.1 Å². The molecule has 1 saturated heterocycles. The first-order chi connectivity index (χ1) is 7.20. The van der Waals surface area contributed by atoms with E-state index in [0.717, 1.165) is 19.5 Å². The molecule has 0 saturated carbocycles. The lowest BCUT2D eigenvalue weighted by molar-refractivity contribution is -0.125. The van der Waals surface area contributed by atoms with Crippen molar-refractivity contribution in [3.8, 4) is 0 Å². The van der Waals surface area contributed by atoms with E-state index in [9.17, 15) is 13.2 Å². The minimum absolute atomic E-state index is 0.170. The summed E-state index contributed by atoms with van der Waals surface area (Å²) in [7, 11) is 0. The van der Waals surface area contributed by atoms with Crippen LogP contribution in [0.1, 0.15) is 27.2 Å². The molecule has 16 heavy (non-hydrogen) atoms. The zero-order valence-electron chi connectivity index (χ0n) is 10.2. The number of halogens is 3. The Morgan fingerprint density at radius 3 is 2.44 bits per heavy atom. The summed E-state index contributed by atoms with van der Waals surface area (Å²) in [6.45, 7) is 7.84. The molecule has 0 radical (unpaired) electrons. The second kappa shape index (κ2) is 4.92. The number of alkyl halides is 3. The highest BCUT2D eigenvalue weighted by atomic mass is 19.4. The van der Waals surface area contributed by atoms with E-state index in [1.807, 2.05) is 6.92 Å². The Labute approximate surface area is 95.2 Å². The molecule has 0 aromatic carbocycles. The van der Waals surface area contributed by atoms with Gasteiger partial charge in [-0.25, -0.2) is 0 Å². The highest BCUT2D eigenvalue weighted by Crippen LogP contribution is 2.29. The number of hydrogen-bond donors (Lipinski definition) is 1. The molecule has 0 spiro atoms. The second-order valence-corrected chi connectivity index (χ2v) is 5.48. The lowest BCUT2D eigenvalue weighted by atomic mass is 9.93. The topological polar surface area (TPSA) is 15.3 Å². The third-order valence-corrected chi connectivity index (χ3v) is 3.10. The molecule has 1 heterocycles. The highest BCUT2D eigenvalue weighted by Gasteiger charge is 2.32. The molecule has 1 aliphatic rings. The molecular formula is C11H21F3N2. The van der Waals surface area contributed by atoms with Gasteiger partial charge < -0.3 is 5.32 Å². The SMILES string of the molecule is CC(CNCC(F)(F)F)N1CCC(C)(C)C1. The van der Waals surface area contributed by atoms with Gasteiger partial charge in [-0.3, -0.25) is 4.90 Å². The van der Waals surface area contributed by atoms with E-state index in [0.29, 0.717) is 12.0 Å². The Hall–Kier alpha value is -0.290. The molecule has 96 valence electrons. The van der Waals surface area contributed by atoms with E-state index >= 15 is 0 Å². The first-order valence-corrected chi connectivity index (χ1v) is 5.71. The summed E-state index contributed by atoms with van der Waals surface area (Å²) in [4.78, 5) is 2.25. The summed E-state index contributed by atoms with van der Waals surface area (Å²) in [5, 5.41) is 2.46. The van der Waals surface area contributed by atoms with E-state index in [-0.39, 0.29) is 6.04 Å². The predicted molar refractivity (Wildman–Crippen MR) is 58.4 cm³/mol. The summed E-state index contributed by atoms with van der Waals surface area (Å²) in [6, 6.07) is 0.170. The van der Waals surface area contributed by atoms with Crippen LogP contribution < -0.4 is 5.32 Å². The molecule has 1 atom stereocenters. The average Bonchev–Trinajstić information content (AvgIpc) is 2.43. The molecular weight excluding hydrogens is 217 g/mol. The van der Waals surface area contributed by atoms with Gasteiger partial charge >= 0.3 is 6.18 Å². The van der Waals surface area contributed by atoms with Crippen molar-refractivity contribution in [1.82, 2.24) is 10.2 Å². The Morgan fingerprint density at radius 1 is 1.38 bits per heavy atom. The van der Waals surface area contributed by atoms with E-state index in [2.05, 4.69) is 24.1 Å². The van der Waals surface area contributed by atoms with Gasteiger partial charge in [0.2, 0.25) is 0 Å². The number of hydrogen-bond acceptors (Lipinski definition) is 2. The fraction of sp³-hybridized carbons (Fsp3) is 1.00. The van der Waals surface area contributed by atoms with Crippen LogP contribution in [0.25, 0.3) is 0 Å². The fourth-order valence-electron chi connectivity index (χ4n) is 2.08. The summed E-state index contributed by atoms with van der Waals surface area (Å²) < 4.78 is 35.8. The summed E-state index contributed by atoms with van der Waals surface area (Å²) in [6.07, 6.45) is -2.99. The van der Waals surface area contributed by atoms with Crippen LogP contribution >= 0.6 is 0 Å². The highest BCUT2D eigenvalue weighted by molar-refractivity contribution is 4.85. The van der Waals surface area contributed by atoms with Crippen LogP contribution in [0.15, 0.2) is 0 Å². The van der Waals surface area contributed by atoms with Crippen molar-refractivity contribution in [3.05, 3.63) is 0 Å². The molecule has 0 aromatic heterocycles. The summed E-state index contributed by atoms with van der Waals surface area (Å²) in [5.41, 5.74) is 0.304. The fourth-order valence-corrected chi connectivity index (χ4v) is 2.08. The van der Waals surface area contributed by atoms with E-state index in [1.54, 1.807) is 0 Å². The zero-order chi connectivity index (χ0) is 12.4. The van der Waals surface area contributed by atoms with Crippen molar-refractivity contribution < 1.29 is 13.2 Å². The Bertz CT molecular complexity index is 226. The van der Waals surface area contributed by atoms with Gasteiger partial charge in [-0.1, -0.05) is 13.8 Å². The van der Waals surface area contributed by atoms with Crippen molar-refractivity contribution in [2.45, 2.75) is 39.4 Å². The van der Waals surface area contributed by atoms with E-state index in [1.165, 1.54) is 0 Å². The maximum Gasteiger partial charge on any atom is 0.401 e. The van der Waals surface area contributed by atoms with Crippen molar-refractivity contribution >= 4 is 0 Å². The van der Waals surface area contributed by atoms with Gasteiger partial charge in [0.25, 0.3) is 0 Å². The van der Waals surface area contributed by atoms with Gasteiger partial charge in [-0.2, -0.15) is 13.2 Å². The molecule has 1 unspecified atom stereocenters. The van der Waals surface area contributed by atoms with E-state index < -0.39 is 12.7 Å². The average molecular weight is 238 g/mol. The van der Waals surface area contributed by atoms with Crippen LogP contribution in [-0.2, 0) is 0 Å². The zero-order valence-corrected chi connectivity index (χ0v) is 10.2. The Balaban J connectivity index is 2.24. The molecule has 1 N–H and O–H groups in total. The monoisotopic (exact) mass is 238 g/mol. The molecule has 0 aliphatic carbocycles. The first-order valence-electron chi connectivity index (χ1n) is 5.71. The van der Waals surface area contributed by atoms with E-state index in [4.69, 9.17) is 0 Å². The quantitative estimate of drug-likeness (QED) is 0.808. The van der Waals surface area contributed by atoms with Gasteiger partial charge in [-0.05, 0) is 25.3 Å². The largest absolute Gasteiger partial charge is 0.401 e. The normalized spacial score (nSPS) is 23.6. The number of rotatable bonds is 4. The minimum Gasteiger partial charge on any atom is -0.307 e. The molecule has 1 fully saturated rings. The second-order valence-electron chi connectivity index (χ2n) is 5.48. The lowest BCUT2D eigenvalue weighted by Crippen LogP contribution is -2.42. The van der Waals surface area contributed by atoms with Crippen LogP contribution in [0, 0.1) is 5.41 Å². The molecule has 1 aliphatic heterocycles. The third kappa shape index (κ3) is 4.70. The lowest BCUT2D eigenvalue weighted by Gasteiger charge is -2.26. The summed E-state index contributed by atoms with van der Waals surface area (Å²) >= 11 is 0. The summed E-state index contributed by atoms with van der Waals surface area (Å²) in [5.74, 6) is 0. The Kier molecular flexibility index (Phi) is 4.23. The van der Waals surface area contributed by atoms with Crippen LogP contribution in [0.5, 0.6) is 0 Å². The van der Waals surface area contributed by atoms with Gasteiger partial charge in [-0.15, -0.1) is 0 Å². The van der Waals surface area contributed by atoms with Crippen molar-refractivity contribution in [2.75, 3.05) is 26.2 Å². The van der Waals surface area contributed by atoms with Gasteiger partial charge in [0.05, 0.1) is 6.54 Å². The predicted octanol–water partition coefficient (Wildman–Crippen LogP) is 2.26. The van der Waals surface area contributed by atoms with Crippen LogP contribution in [0.2, 0.25) is 0 Å². The molecule has 0 aromatic rings. The maximum absolute atomic E-state index is 11.9. The van der Waals surface area contributed by atoms with Crippen molar-refractivity contribution in [3.63, 3.8) is 0 Å². The molecule has 2 nitrogen and oxygen atoms in total. The number of likely N-dealkylation sites (tertiary alicyclic amines) is 1. The molecule has 5 heteroatoms. The minimum atomic E-state index is -4.11. The standard InChI is InChI=1S/C11H21F3N2/c1-9(6-15-7-11(12,13)14)16-5-4-10(2,3)8-16/h9,15H,4-8H2,1-3H3. The van der Waals surface area contributed by atoms with Crippen LogP contribution in [0.4, 0.5) is 13.2 Å². The van der Waals surface area contributed by atoms with Gasteiger partial charge in [0.15, 0.2) is 0 Å².